The Morgan fingerprint density at radius 1 is 1.23 bits per heavy atom. The second kappa shape index (κ2) is 11.0. The van der Waals surface area contributed by atoms with Crippen molar-refractivity contribution in [2.24, 2.45) is 4.99 Å². The van der Waals surface area contributed by atoms with Gasteiger partial charge in [-0.1, -0.05) is 36.8 Å². The molecular formula is C26H28N2O5S2. The van der Waals surface area contributed by atoms with E-state index in [2.05, 4.69) is 11.9 Å². The number of methoxy groups -OCH3 is 1. The largest absolute Gasteiger partial charge is 0.493 e. The third kappa shape index (κ3) is 5.11. The number of unbranched alkanes of at least 4 members (excludes halogenated alkanes) is 1. The summed E-state index contributed by atoms with van der Waals surface area (Å²) in [7, 11) is 1.58. The summed E-state index contributed by atoms with van der Waals surface area (Å²) < 4.78 is 19.0. The number of benzene rings is 1. The molecule has 184 valence electrons. The maximum Gasteiger partial charge on any atom is 0.338 e. The summed E-state index contributed by atoms with van der Waals surface area (Å²) in [6.07, 6.45) is 3.81. The summed E-state index contributed by atoms with van der Waals surface area (Å²) >= 11 is 2.86. The van der Waals surface area contributed by atoms with Gasteiger partial charge >= 0.3 is 5.97 Å². The van der Waals surface area contributed by atoms with Gasteiger partial charge in [-0.15, -0.1) is 11.3 Å². The summed E-state index contributed by atoms with van der Waals surface area (Å²) in [6.45, 7) is 6.43. The highest BCUT2D eigenvalue weighted by Gasteiger charge is 2.34. The van der Waals surface area contributed by atoms with Crippen molar-refractivity contribution in [3.63, 3.8) is 0 Å². The van der Waals surface area contributed by atoms with Crippen molar-refractivity contribution in [2.75, 3.05) is 20.3 Å². The van der Waals surface area contributed by atoms with Gasteiger partial charge in [0.2, 0.25) is 0 Å². The van der Waals surface area contributed by atoms with E-state index in [1.54, 1.807) is 36.9 Å². The Labute approximate surface area is 211 Å². The molecule has 0 saturated carbocycles. The fraction of sp³-hybridized carbons (Fsp3) is 0.346. The van der Waals surface area contributed by atoms with Gasteiger partial charge < -0.3 is 14.2 Å². The van der Waals surface area contributed by atoms with Gasteiger partial charge in [0.15, 0.2) is 16.3 Å². The van der Waals surface area contributed by atoms with Crippen molar-refractivity contribution in [1.29, 1.82) is 0 Å². The minimum atomic E-state index is -0.700. The average molecular weight is 513 g/mol. The fourth-order valence-electron chi connectivity index (χ4n) is 3.91. The summed E-state index contributed by atoms with van der Waals surface area (Å²) in [5.41, 5.74) is 1.37. The standard InChI is InChI=1S/C26H28N2O5S2/c1-5-7-12-33-19-11-10-17(14-20(19)31-4)23-22(25(30)32-6-2)16(3)27-26-28(23)24(29)21(35-26)15-18-9-8-13-34-18/h8-11,13-15,23H,5-7,12H2,1-4H3/b21-15-. The number of thiophene rings is 1. The highest BCUT2D eigenvalue weighted by Crippen LogP contribution is 2.36. The fourth-order valence-corrected chi connectivity index (χ4v) is 5.68. The van der Waals surface area contributed by atoms with E-state index in [4.69, 9.17) is 14.2 Å². The van der Waals surface area contributed by atoms with E-state index >= 15 is 0 Å². The van der Waals surface area contributed by atoms with Crippen LogP contribution in [0.4, 0.5) is 0 Å². The molecule has 4 rings (SSSR count). The first kappa shape index (κ1) is 24.9. The highest BCUT2D eigenvalue weighted by atomic mass is 32.1. The zero-order valence-electron chi connectivity index (χ0n) is 20.2. The van der Waals surface area contributed by atoms with Crippen molar-refractivity contribution in [3.8, 4) is 11.5 Å². The van der Waals surface area contributed by atoms with E-state index in [1.165, 1.54) is 11.3 Å². The summed E-state index contributed by atoms with van der Waals surface area (Å²) in [5.74, 6) is 0.666. The van der Waals surface area contributed by atoms with Crippen molar-refractivity contribution >= 4 is 34.7 Å². The van der Waals surface area contributed by atoms with Crippen LogP contribution in [-0.4, -0.2) is 30.9 Å². The number of rotatable bonds is 9. The quantitative estimate of drug-likeness (QED) is 0.319. The zero-order valence-corrected chi connectivity index (χ0v) is 21.8. The average Bonchev–Trinajstić information content (AvgIpc) is 3.46. The van der Waals surface area contributed by atoms with Crippen molar-refractivity contribution in [2.45, 2.75) is 39.7 Å². The molecule has 0 N–H and O–H groups in total. The topological polar surface area (TPSA) is 79.1 Å². The van der Waals surface area contributed by atoms with E-state index in [0.717, 1.165) is 17.7 Å². The van der Waals surface area contributed by atoms with E-state index < -0.39 is 12.0 Å². The Morgan fingerprint density at radius 2 is 2.06 bits per heavy atom. The van der Waals surface area contributed by atoms with Gasteiger partial charge in [0.1, 0.15) is 0 Å². The third-order valence-electron chi connectivity index (χ3n) is 5.59. The molecule has 1 unspecified atom stereocenters. The van der Waals surface area contributed by atoms with Gasteiger partial charge in [0.25, 0.3) is 5.56 Å². The molecule has 3 aromatic rings. The number of nitrogens with zero attached hydrogens (tertiary/aromatic N) is 2. The monoisotopic (exact) mass is 512 g/mol. The number of carbonyl (C=O) groups excluding carboxylic acids is 1. The number of allylic oxidation sites excluding steroid dienone is 1. The first-order valence-electron chi connectivity index (χ1n) is 11.5. The molecule has 0 spiro atoms. The summed E-state index contributed by atoms with van der Waals surface area (Å²) in [5, 5.41) is 1.96. The number of aromatic nitrogens is 1. The van der Waals surface area contributed by atoms with Gasteiger partial charge in [0, 0.05) is 4.88 Å². The lowest BCUT2D eigenvalue weighted by atomic mass is 9.95. The lowest BCUT2D eigenvalue weighted by Crippen LogP contribution is -2.39. The van der Waals surface area contributed by atoms with Gasteiger partial charge in [0.05, 0.1) is 42.2 Å². The first-order chi connectivity index (χ1) is 17.0. The van der Waals surface area contributed by atoms with Gasteiger partial charge in [-0.25, -0.2) is 9.79 Å². The van der Waals surface area contributed by atoms with Gasteiger partial charge in [-0.3, -0.25) is 9.36 Å². The van der Waals surface area contributed by atoms with Crippen LogP contribution in [0.3, 0.4) is 0 Å². The summed E-state index contributed by atoms with van der Waals surface area (Å²) in [4.78, 5) is 32.8. The van der Waals surface area contributed by atoms with E-state index in [-0.39, 0.29) is 12.2 Å². The summed E-state index contributed by atoms with van der Waals surface area (Å²) in [6, 6.07) is 8.70. The maximum atomic E-state index is 13.6. The molecule has 2 aromatic heterocycles. The van der Waals surface area contributed by atoms with Crippen LogP contribution in [0.5, 0.6) is 11.5 Å². The van der Waals surface area contributed by atoms with Crippen LogP contribution in [0.15, 0.2) is 56.8 Å². The van der Waals surface area contributed by atoms with Gasteiger partial charge in [-0.05, 0) is 55.5 Å². The number of ether oxygens (including phenoxy) is 3. The second-order valence-electron chi connectivity index (χ2n) is 7.93. The molecule has 1 aliphatic rings. The molecular weight excluding hydrogens is 484 g/mol. The number of thiazole rings is 1. The molecule has 3 heterocycles. The Kier molecular flexibility index (Phi) is 7.87. The third-order valence-corrected chi connectivity index (χ3v) is 7.39. The minimum Gasteiger partial charge on any atom is -0.493 e. The van der Waals surface area contributed by atoms with Crippen molar-refractivity contribution < 1.29 is 19.0 Å². The SMILES string of the molecule is CCCCOc1ccc(C2C(C(=O)OCC)=C(C)N=c3s/c(=C\c4cccs4)c(=O)n32)cc1OC. The van der Waals surface area contributed by atoms with Crippen LogP contribution in [0.2, 0.25) is 0 Å². The van der Waals surface area contributed by atoms with Crippen LogP contribution < -0.4 is 24.4 Å². The van der Waals surface area contributed by atoms with E-state index in [1.807, 2.05) is 41.8 Å². The number of hydrogen-bond donors (Lipinski definition) is 0. The predicted molar refractivity (Wildman–Crippen MR) is 138 cm³/mol. The van der Waals surface area contributed by atoms with Crippen LogP contribution >= 0.6 is 22.7 Å². The highest BCUT2D eigenvalue weighted by molar-refractivity contribution is 7.11. The Morgan fingerprint density at radius 3 is 2.74 bits per heavy atom. The molecule has 35 heavy (non-hydrogen) atoms. The van der Waals surface area contributed by atoms with Crippen LogP contribution in [0.25, 0.3) is 6.08 Å². The Balaban J connectivity index is 1.89. The number of carbonyl (C=O) groups is 1. The second-order valence-corrected chi connectivity index (χ2v) is 9.92. The molecule has 1 aromatic carbocycles. The molecule has 9 heteroatoms. The minimum absolute atomic E-state index is 0.205. The normalized spacial score (nSPS) is 15.5. The maximum absolute atomic E-state index is 13.6. The smallest absolute Gasteiger partial charge is 0.338 e. The van der Waals surface area contributed by atoms with E-state index in [0.29, 0.717) is 44.3 Å². The number of fused-ring (bicyclic) bond motifs is 1. The van der Waals surface area contributed by atoms with Crippen molar-refractivity contribution in [3.05, 3.63) is 77.1 Å². The van der Waals surface area contributed by atoms with E-state index in [9.17, 15) is 9.59 Å². The number of esters is 1. The molecule has 1 atom stereocenters. The number of hydrogen-bond acceptors (Lipinski definition) is 8. The Hall–Kier alpha value is -3.17. The predicted octanol–water partition coefficient (Wildman–Crippen LogP) is 4.05. The molecule has 0 radical (unpaired) electrons. The van der Waals surface area contributed by atoms with Crippen LogP contribution in [-0.2, 0) is 9.53 Å². The molecule has 7 nitrogen and oxygen atoms in total. The molecule has 0 fully saturated rings. The molecule has 1 aliphatic heterocycles. The van der Waals surface area contributed by atoms with Crippen LogP contribution in [0, 0.1) is 0 Å². The van der Waals surface area contributed by atoms with Gasteiger partial charge in [-0.2, -0.15) is 0 Å². The lowest BCUT2D eigenvalue weighted by Gasteiger charge is -2.25. The zero-order chi connectivity index (χ0) is 24.9. The molecule has 0 saturated heterocycles. The molecule has 0 bridgehead atoms. The van der Waals surface area contributed by atoms with Crippen LogP contribution in [0.1, 0.15) is 50.1 Å². The first-order valence-corrected chi connectivity index (χ1v) is 13.2. The molecule has 0 amide bonds. The van der Waals surface area contributed by atoms with Crippen molar-refractivity contribution in [1.82, 2.24) is 4.57 Å². The lowest BCUT2D eigenvalue weighted by molar-refractivity contribution is -0.139. The molecule has 0 aliphatic carbocycles. The Bertz CT molecular complexity index is 1420.